The van der Waals surface area contributed by atoms with Crippen LogP contribution in [0.5, 0.6) is 0 Å². The van der Waals surface area contributed by atoms with Crippen molar-refractivity contribution in [2.75, 3.05) is 5.32 Å². The van der Waals surface area contributed by atoms with E-state index in [2.05, 4.69) is 38.1 Å². The maximum Gasteiger partial charge on any atom is 0.270 e. The smallest absolute Gasteiger partial charge is 0.270 e. The average Bonchev–Trinajstić information content (AvgIpc) is 2.81. The van der Waals surface area contributed by atoms with Crippen LogP contribution in [0, 0.1) is 0 Å². The molecule has 0 saturated heterocycles. The van der Waals surface area contributed by atoms with Crippen molar-refractivity contribution >= 4 is 17.9 Å². The van der Waals surface area contributed by atoms with Gasteiger partial charge >= 0.3 is 0 Å². The molecule has 1 aromatic heterocycles. The molecule has 1 amide bonds. The topological polar surface area (TPSA) is 83.6 Å². The van der Waals surface area contributed by atoms with Crippen LogP contribution in [-0.4, -0.2) is 26.5 Å². The molecule has 1 aromatic carbocycles. The van der Waals surface area contributed by atoms with Gasteiger partial charge in [-0.1, -0.05) is 23.3 Å². The minimum atomic E-state index is -0.225. The number of aromatic amines is 1. The summed E-state index contributed by atoms with van der Waals surface area (Å²) in [5, 5.41) is 15.7. The number of aromatic nitrogens is 4. The lowest BCUT2D eigenvalue weighted by Crippen LogP contribution is -2.13. The minimum absolute atomic E-state index is 0.180. The van der Waals surface area contributed by atoms with Gasteiger partial charge in [-0.3, -0.25) is 10.1 Å². The lowest BCUT2D eigenvalue weighted by atomic mass is 10.0. The van der Waals surface area contributed by atoms with Crippen molar-refractivity contribution in [2.24, 2.45) is 0 Å². The molecule has 1 aliphatic carbocycles. The average molecular weight is 255 g/mol. The van der Waals surface area contributed by atoms with Crippen LogP contribution < -0.4 is 5.32 Å². The molecule has 0 radical (unpaired) electrons. The van der Waals surface area contributed by atoms with Crippen LogP contribution in [0.15, 0.2) is 24.3 Å². The molecule has 2 aromatic rings. The van der Waals surface area contributed by atoms with Crippen molar-refractivity contribution < 1.29 is 4.79 Å². The molecule has 0 atom stereocenters. The molecule has 3 rings (SSSR count). The van der Waals surface area contributed by atoms with Gasteiger partial charge in [-0.05, 0) is 47.7 Å². The summed E-state index contributed by atoms with van der Waals surface area (Å²) in [7, 11) is 0. The number of amides is 1. The zero-order valence-electron chi connectivity index (χ0n) is 10.3. The number of aryl methyl sites for hydroxylation is 1. The van der Waals surface area contributed by atoms with Gasteiger partial charge in [0, 0.05) is 5.56 Å². The van der Waals surface area contributed by atoms with E-state index in [1.165, 1.54) is 11.1 Å². The second kappa shape index (κ2) is 5.01. The Morgan fingerprint density at radius 1 is 1.37 bits per heavy atom. The number of hydrogen-bond acceptors (Lipinski definition) is 4. The maximum absolute atomic E-state index is 12.0. The van der Waals surface area contributed by atoms with E-state index >= 15 is 0 Å². The number of tetrazole rings is 1. The number of carbonyl (C=O) groups is 1. The molecule has 19 heavy (non-hydrogen) atoms. The van der Waals surface area contributed by atoms with Crippen molar-refractivity contribution in [3.63, 3.8) is 0 Å². The van der Waals surface area contributed by atoms with E-state index in [1.807, 2.05) is 18.2 Å². The van der Waals surface area contributed by atoms with Gasteiger partial charge < -0.3 is 0 Å². The highest BCUT2D eigenvalue weighted by Crippen LogP contribution is 2.20. The summed E-state index contributed by atoms with van der Waals surface area (Å²) >= 11 is 0. The molecule has 0 fully saturated rings. The number of fused-ring (bicyclic) bond motifs is 1. The summed E-state index contributed by atoms with van der Waals surface area (Å²) in [5.41, 5.74) is 3.00. The molecule has 6 nitrogen and oxygen atoms in total. The molecule has 0 unspecified atom stereocenters. The van der Waals surface area contributed by atoms with E-state index < -0.39 is 0 Å². The van der Waals surface area contributed by atoms with Gasteiger partial charge in [0.15, 0.2) is 0 Å². The largest absolute Gasteiger partial charge is 0.288 e. The number of nitrogens with zero attached hydrogens (tertiary/aromatic N) is 3. The Bertz CT molecular complexity index is 618. The van der Waals surface area contributed by atoms with Gasteiger partial charge in [0.1, 0.15) is 0 Å². The third kappa shape index (κ3) is 2.52. The van der Waals surface area contributed by atoms with Crippen LogP contribution in [-0.2, 0) is 6.42 Å². The summed E-state index contributed by atoms with van der Waals surface area (Å²) in [6.45, 7) is 0. The molecular formula is C13H13N5O. The predicted octanol–water partition coefficient (Wildman–Crippen LogP) is 1.80. The second-order valence-electron chi connectivity index (χ2n) is 4.40. The van der Waals surface area contributed by atoms with E-state index in [4.69, 9.17) is 0 Å². The number of allylic oxidation sites excluding steroid dienone is 1. The molecule has 0 saturated carbocycles. The molecule has 1 heterocycles. The first-order valence-electron chi connectivity index (χ1n) is 6.17. The van der Waals surface area contributed by atoms with E-state index in [-0.39, 0.29) is 11.9 Å². The number of benzene rings is 1. The summed E-state index contributed by atoms with van der Waals surface area (Å²) in [4.78, 5) is 12.0. The molecule has 0 bridgehead atoms. The fourth-order valence-corrected chi connectivity index (χ4v) is 2.14. The quantitative estimate of drug-likeness (QED) is 0.857. The molecular weight excluding hydrogens is 242 g/mol. The van der Waals surface area contributed by atoms with E-state index in [9.17, 15) is 4.79 Å². The maximum atomic E-state index is 12.0. The third-order valence-corrected chi connectivity index (χ3v) is 3.09. The van der Waals surface area contributed by atoms with Crippen molar-refractivity contribution in [3.05, 3.63) is 41.0 Å². The van der Waals surface area contributed by atoms with Gasteiger partial charge in [-0.15, -0.1) is 5.10 Å². The van der Waals surface area contributed by atoms with Crippen molar-refractivity contribution in [2.45, 2.75) is 19.3 Å². The molecule has 96 valence electrons. The Hall–Kier alpha value is -2.50. The summed E-state index contributed by atoms with van der Waals surface area (Å²) < 4.78 is 0. The number of H-pyrrole nitrogens is 1. The fraction of sp³-hybridized carbons (Fsp3) is 0.231. The van der Waals surface area contributed by atoms with E-state index in [0.29, 0.717) is 5.56 Å². The van der Waals surface area contributed by atoms with E-state index in [0.717, 1.165) is 19.3 Å². The lowest BCUT2D eigenvalue weighted by Gasteiger charge is -2.07. The zero-order valence-corrected chi connectivity index (χ0v) is 10.3. The summed E-state index contributed by atoms with van der Waals surface area (Å²) in [6.07, 6.45) is 7.47. The summed E-state index contributed by atoms with van der Waals surface area (Å²) in [5.74, 6) is -0.0442. The van der Waals surface area contributed by atoms with Gasteiger partial charge in [-0.25, -0.2) is 0 Å². The first kappa shape index (κ1) is 11.6. The Morgan fingerprint density at radius 2 is 2.32 bits per heavy atom. The van der Waals surface area contributed by atoms with Crippen LogP contribution in [0.1, 0.15) is 34.3 Å². The van der Waals surface area contributed by atoms with Crippen LogP contribution >= 0.6 is 0 Å². The Labute approximate surface area is 109 Å². The lowest BCUT2D eigenvalue weighted by molar-refractivity contribution is 0.102. The van der Waals surface area contributed by atoms with Gasteiger partial charge in [-0.2, -0.15) is 5.21 Å². The number of hydrogen-bond donors (Lipinski definition) is 2. The molecule has 0 aliphatic heterocycles. The summed E-state index contributed by atoms with van der Waals surface area (Å²) in [6, 6.07) is 5.71. The standard InChI is InChI=1S/C13H13N5O/c19-12(14-13-15-17-18-16-13)11-7-6-9-4-2-1-3-5-10(9)8-11/h2,4,6-8H,1,3,5H2,(H2,14,15,16,17,18,19). The zero-order chi connectivity index (χ0) is 13.1. The highest BCUT2D eigenvalue weighted by molar-refractivity contribution is 6.03. The van der Waals surface area contributed by atoms with Gasteiger partial charge in [0.05, 0.1) is 0 Å². The first-order valence-corrected chi connectivity index (χ1v) is 6.17. The number of carbonyl (C=O) groups excluding carboxylic acids is 1. The third-order valence-electron chi connectivity index (χ3n) is 3.09. The molecule has 1 aliphatic rings. The highest BCUT2D eigenvalue weighted by atomic mass is 16.1. The van der Waals surface area contributed by atoms with Crippen LogP contribution in [0.25, 0.3) is 6.08 Å². The van der Waals surface area contributed by atoms with Gasteiger partial charge in [0.25, 0.3) is 11.9 Å². The molecule has 6 heteroatoms. The Balaban J connectivity index is 1.84. The SMILES string of the molecule is O=C(Nc1nn[nH]n1)c1ccc2c(c1)CCCC=C2. The highest BCUT2D eigenvalue weighted by Gasteiger charge is 2.11. The molecule has 0 spiro atoms. The Morgan fingerprint density at radius 3 is 3.16 bits per heavy atom. The Kier molecular flexibility index (Phi) is 3.06. The van der Waals surface area contributed by atoms with Crippen molar-refractivity contribution in [3.8, 4) is 0 Å². The van der Waals surface area contributed by atoms with Crippen LogP contribution in [0.4, 0.5) is 5.95 Å². The first-order chi connectivity index (χ1) is 9.33. The number of anilines is 1. The molecule has 2 N–H and O–H groups in total. The number of nitrogens with one attached hydrogen (secondary N) is 2. The van der Waals surface area contributed by atoms with Crippen molar-refractivity contribution in [1.29, 1.82) is 0 Å². The number of rotatable bonds is 2. The second-order valence-corrected chi connectivity index (χ2v) is 4.40. The van der Waals surface area contributed by atoms with Crippen LogP contribution in [0.3, 0.4) is 0 Å². The predicted molar refractivity (Wildman–Crippen MR) is 70.5 cm³/mol. The minimum Gasteiger partial charge on any atom is -0.288 e. The van der Waals surface area contributed by atoms with Crippen molar-refractivity contribution in [1.82, 2.24) is 20.6 Å². The van der Waals surface area contributed by atoms with E-state index in [1.54, 1.807) is 0 Å². The normalized spacial score (nSPS) is 13.7. The van der Waals surface area contributed by atoms with Gasteiger partial charge in [0.2, 0.25) is 0 Å². The monoisotopic (exact) mass is 255 g/mol. The van der Waals surface area contributed by atoms with Crippen LogP contribution in [0.2, 0.25) is 0 Å². The fourth-order valence-electron chi connectivity index (χ4n) is 2.14.